The first-order chi connectivity index (χ1) is 10.8. The van der Waals surface area contributed by atoms with Crippen LogP contribution in [-0.2, 0) is 4.74 Å². The van der Waals surface area contributed by atoms with Crippen LogP contribution < -0.4 is 0 Å². The van der Waals surface area contributed by atoms with Gasteiger partial charge in [0.15, 0.2) is 0 Å². The van der Waals surface area contributed by atoms with Crippen molar-refractivity contribution in [2.75, 3.05) is 6.61 Å². The smallest absolute Gasteiger partial charge is 0.338 e. The summed E-state index contributed by atoms with van der Waals surface area (Å²) in [4.78, 5) is 12.0. The molecule has 0 aliphatic carbocycles. The Balaban J connectivity index is 2.43. The standard InChI is InChI=1S/C21H30O2/c1-17(2)10-9-11-18(3)14-15-21(4,5)16-23-20(22)19-12-7-6-8-13-19/h6-8,10,12-14H,9,11,15-16H2,1-5H3/b18-14+. The average molecular weight is 314 g/mol. The molecule has 0 saturated carbocycles. The lowest BCUT2D eigenvalue weighted by atomic mass is 9.89. The van der Waals surface area contributed by atoms with Crippen LogP contribution in [-0.4, -0.2) is 12.6 Å². The molecule has 2 nitrogen and oxygen atoms in total. The SMILES string of the molecule is CC(C)=CCC/C(C)=C/CC(C)(C)COC(=O)c1ccccc1. The van der Waals surface area contributed by atoms with Crippen LogP contribution >= 0.6 is 0 Å². The first-order valence-electron chi connectivity index (χ1n) is 8.31. The molecule has 1 aromatic rings. The van der Waals surface area contributed by atoms with Crippen LogP contribution in [0.5, 0.6) is 0 Å². The Hall–Kier alpha value is -1.83. The highest BCUT2D eigenvalue weighted by atomic mass is 16.5. The van der Waals surface area contributed by atoms with Gasteiger partial charge in [0.2, 0.25) is 0 Å². The third-order valence-corrected chi connectivity index (χ3v) is 3.70. The second kappa shape index (κ2) is 9.34. The molecule has 0 unspecified atom stereocenters. The molecule has 0 radical (unpaired) electrons. The largest absolute Gasteiger partial charge is 0.462 e. The summed E-state index contributed by atoms with van der Waals surface area (Å²) in [5.74, 6) is -0.247. The lowest BCUT2D eigenvalue weighted by molar-refractivity contribution is 0.0345. The Morgan fingerprint density at radius 3 is 2.35 bits per heavy atom. The van der Waals surface area contributed by atoms with Crippen LogP contribution in [0.25, 0.3) is 0 Å². The van der Waals surface area contributed by atoms with Gasteiger partial charge in [-0.3, -0.25) is 0 Å². The highest BCUT2D eigenvalue weighted by molar-refractivity contribution is 5.89. The second-order valence-electron chi connectivity index (χ2n) is 7.18. The summed E-state index contributed by atoms with van der Waals surface area (Å²) in [6, 6.07) is 9.15. The fourth-order valence-corrected chi connectivity index (χ4v) is 2.12. The Morgan fingerprint density at radius 2 is 1.74 bits per heavy atom. The summed E-state index contributed by atoms with van der Waals surface area (Å²) in [6.07, 6.45) is 7.63. The first-order valence-corrected chi connectivity index (χ1v) is 8.31. The summed E-state index contributed by atoms with van der Waals surface area (Å²) in [5, 5.41) is 0. The number of rotatable bonds is 8. The number of carbonyl (C=O) groups excluding carboxylic acids is 1. The third kappa shape index (κ3) is 8.39. The van der Waals surface area contributed by atoms with Gasteiger partial charge >= 0.3 is 5.97 Å². The number of ether oxygens (including phenoxy) is 1. The van der Waals surface area contributed by atoms with E-state index in [0.29, 0.717) is 12.2 Å². The molecule has 0 aliphatic rings. The van der Waals surface area contributed by atoms with E-state index in [1.54, 1.807) is 12.1 Å². The van der Waals surface area contributed by atoms with Crippen molar-refractivity contribution in [2.24, 2.45) is 5.41 Å². The highest BCUT2D eigenvalue weighted by Crippen LogP contribution is 2.23. The van der Waals surface area contributed by atoms with Gasteiger partial charge < -0.3 is 4.74 Å². The molecular weight excluding hydrogens is 284 g/mol. The van der Waals surface area contributed by atoms with Crippen LogP contribution in [0.1, 0.15) is 64.2 Å². The summed E-state index contributed by atoms with van der Waals surface area (Å²) < 4.78 is 5.46. The van der Waals surface area contributed by atoms with Gasteiger partial charge in [-0.1, -0.05) is 55.3 Å². The van der Waals surface area contributed by atoms with E-state index in [-0.39, 0.29) is 11.4 Å². The normalized spacial score (nSPS) is 12.0. The number of esters is 1. The van der Waals surface area contributed by atoms with Gasteiger partial charge in [0.25, 0.3) is 0 Å². The monoisotopic (exact) mass is 314 g/mol. The Morgan fingerprint density at radius 1 is 1.09 bits per heavy atom. The van der Waals surface area contributed by atoms with Crippen molar-refractivity contribution >= 4 is 5.97 Å². The molecule has 0 fully saturated rings. The Labute approximate surface area is 141 Å². The maximum atomic E-state index is 12.0. The van der Waals surface area contributed by atoms with Crippen molar-refractivity contribution < 1.29 is 9.53 Å². The Bertz CT molecular complexity index is 546. The Kier molecular flexibility index (Phi) is 7.80. The number of benzene rings is 1. The van der Waals surface area contributed by atoms with E-state index in [1.165, 1.54) is 11.1 Å². The molecule has 0 N–H and O–H groups in total. The number of allylic oxidation sites excluding steroid dienone is 4. The van der Waals surface area contributed by atoms with Crippen molar-refractivity contribution in [2.45, 2.75) is 53.9 Å². The maximum absolute atomic E-state index is 12.0. The number of hydrogen-bond acceptors (Lipinski definition) is 2. The second-order valence-corrected chi connectivity index (χ2v) is 7.18. The molecule has 0 atom stereocenters. The van der Waals surface area contributed by atoms with Crippen LogP contribution in [0.4, 0.5) is 0 Å². The minimum absolute atomic E-state index is 0.0534. The quantitative estimate of drug-likeness (QED) is 0.437. The average Bonchev–Trinajstić information content (AvgIpc) is 2.51. The molecule has 1 rings (SSSR count). The van der Waals surface area contributed by atoms with Crippen LogP contribution in [0.15, 0.2) is 53.6 Å². The lowest BCUT2D eigenvalue weighted by Crippen LogP contribution is -2.21. The lowest BCUT2D eigenvalue weighted by Gasteiger charge is -2.23. The van der Waals surface area contributed by atoms with E-state index in [2.05, 4.69) is 46.8 Å². The van der Waals surface area contributed by atoms with Crippen molar-refractivity contribution in [1.82, 2.24) is 0 Å². The zero-order valence-corrected chi connectivity index (χ0v) is 15.2. The van der Waals surface area contributed by atoms with Gasteiger partial charge in [-0.05, 0) is 52.2 Å². The minimum Gasteiger partial charge on any atom is -0.462 e. The fraction of sp³-hybridized carbons (Fsp3) is 0.476. The van der Waals surface area contributed by atoms with E-state index in [0.717, 1.165) is 19.3 Å². The molecule has 126 valence electrons. The minimum atomic E-state index is -0.247. The molecule has 23 heavy (non-hydrogen) atoms. The van der Waals surface area contributed by atoms with Crippen molar-refractivity contribution in [3.05, 3.63) is 59.2 Å². The van der Waals surface area contributed by atoms with Crippen molar-refractivity contribution in [3.8, 4) is 0 Å². The van der Waals surface area contributed by atoms with E-state index >= 15 is 0 Å². The predicted molar refractivity (Wildman–Crippen MR) is 97.5 cm³/mol. The van der Waals surface area contributed by atoms with Crippen molar-refractivity contribution in [1.29, 1.82) is 0 Å². The summed E-state index contributed by atoms with van der Waals surface area (Å²) in [6.45, 7) is 11.1. The fourth-order valence-electron chi connectivity index (χ4n) is 2.12. The molecule has 0 spiro atoms. The van der Waals surface area contributed by atoms with Crippen molar-refractivity contribution in [3.63, 3.8) is 0 Å². The zero-order chi connectivity index (χ0) is 17.3. The van der Waals surface area contributed by atoms with Crippen LogP contribution in [0, 0.1) is 5.41 Å². The number of carbonyl (C=O) groups is 1. The van der Waals surface area contributed by atoms with E-state index < -0.39 is 0 Å². The third-order valence-electron chi connectivity index (χ3n) is 3.70. The summed E-state index contributed by atoms with van der Waals surface area (Å²) >= 11 is 0. The molecule has 0 saturated heterocycles. The van der Waals surface area contributed by atoms with Gasteiger partial charge in [-0.2, -0.15) is 0 Å². The van der Waals surface area contributed by atoms with Gasteiger partial charge in [-0.25, -0.2) is 4.79 Å². The van der Waals surface area contributed by atoms with E-state index in [9.17, 15) is 4.79 Å². The summed E-state index contributed by atoms with van der Waals surface area (Å²) in [5.41, 5.74) is 3.31. The predicted octanol–water partition coefficient (Wildman–Crippen LogP) is 5.95. The van der Waals surface area contributed by atoms with Gasteiger partial charge in [0.05, 0.1) is 12.2 Å². The number of hydrogen-bond donors (Lipinski definition) is 0. The van der Waals surface area contributed by atoms with Crippen LogP contribution in [0.3, 0.4) is 0 Å². The molecule has 0 bridgehead atoms. The molecule has 0 aliphatic heterocycles. The molecule has 0 heterocycles. The van der Waals surface area contributed by atoms with Gasteiger partial charge in [0, 0.05) is 5.41 Å². The molecule has 0 aromatic heterocycles. The topological polar surface area (TPSA) is 26.3 Å². The molecular formula is C21H30O2. The van der Waals surface area contributed by atoms with E-state index in [4.69, 9.17) is 4.74 Å². The molecule has 1 aromatic carbocycles. The highest BCUT2D eigenvalue weighted by Gasteiger charge is 2.19. The van der Waals surface area contributed by atoms with E-state index in [1.807, 2.05) is 18.2 Å². The van der Waals surface area contributed by atoms with Gasteiger partial charge in [0.1, 0.15) is 0 Å². The molecule has 0 amide bonds. The van der Waals surface area contributed by atoms with Crippen LogP contribution in [0.2, 0.25) is 0 Å². The zero-order valence-electron chi connectivity index (χ0n) is 15.2. The molecule has 2 heteroatoms. The first kappa shape index (κ1) is 19.2. The summed E-state index contributed by atoms with van der Waals surface area (Å²) in [7, 11) is 0. The van der Waals surface area contributed by atoms with Gasteiger partial charge in [-0.15, -0.1) is 0 Å². The maximum Gasteiger partial charge on any atom is 0.338 e.